The van der Waals surface area contributed by atoms with Crippen LogP contribution >= 0.6 is 0 Å². The van der Waals surface area contributed by atoms with Crippen LogP contribution in [0, 0.1) is 19.7 Å². The molecular formula is C19H28FN5O. The summed E-state index contributed by atoms with van der Waals surface area (Å²) in [5.41, 5.74) is 3.75. The molecule has 1 aromatic carbocycles. The summed E-state index contributed by atoms with van der Waals surface area (Å²) in [6.45, 7) is 6.54. The lowest BCUT2D eigenvalue weighted by atomic mass is 10.1. The highest BCUT2D eigenvalue weighted by molar-refractivity contribution is 5.79. The molecule has 1 heterocycles. The molecule has 26 heavy (non-hydrogen) atoms. The zero-order valence-electron chi connectivity index (χ0n) is 16.0. The monoisotopic (exact) mass is 361 g/mol. The van der Waals surface area contributed by atoms with Crippen LogP contribution in [0.1, 0.15) is 28.9 Å². The van der Waals surface area contributed by atoms with E-state index in [4.69, 9.17) is 4.74 Å². The standard InChI is InChI=1S/C19H28FN5O/c1-14-10-15(2)25(24-14)9-5-8-22-19(21-3)23-12-16-6-7-18(20)17(11-16)13-26-4/h6-7,10-11H,5,8-9,12-13H2,1-4H3,(H2,21,22,23). The van der Waals surface area contributed by atoms with Gasteiger partial charge in [-0.05, 0) is 44.0 Å². The second-order valence-electron chi connectivity index (χ2n) is 6.22. The minimum Gasteiger partial charge on any atom is -0.380 e. The zero-order valence-corrected chi connectivity index (χ0v) is 16.0. The number of nitrogens with zero attached hydrogens (tertiary/aromatic N) is 3. The van der Waals surface area contributed by atoms with E-state index in [0.29, 0.717) is 12.1 Å². The van der Waals surface area contributed by atoms with Gasteiger partial charge in [0.1, 0.15) is 5.82 Å². The minimum absolute atomic E-state index is 0.248. The fraction of sp³-hybridized carbons (Fsp3) is 0.474. The molecule has 2 rings (SSSR count). The van der Waals surface area contributed by atoms with Crippen molar-refractivity contribution in [2.75, 3.05) is 20.7 Å². The van der Waals surface area contributed by atoms with Crippen molar-refractivity contribution in [2.24, 2.45) is 4.99 Å². The van der Waals surface area contributed by atoms with Crippen LogP contribution in [-0.4, -0.2) is 36.4 Å². The Morgan fingerprint density at radius 2 is 2.08 bits per heavy atom. The maximum absolute atomic E-state index is 13.7. The molecule has 1 aromatic heterocycles. The predicted octanol–water partition coefficient (Wildman–Crippen LogP) is 2.54. The van der Waals surface area contributed by atoms with Gasteiger partial charge in [0.15, 0.2) is 5.96 Å². The van der Waals surface area contributed by atoms with E-state index in [1.54, 1.807) is 20.2 Å². The highest BCUT2D eigenvalue weighted by Gasteiger charge is 2.05. The molecule has 0 aliphatic rings. The van der Waals surface area contributed by atoms with Gasteiger partial charge in [0.25, 0.3) is 0 Å². The smallest absolute Gasteiger partial charge is 0.191 e. The molecule has 0 aliphatic heterocycles. The maximum atomic E-state index is 13.7. The molecule has 0 amide bonds. The number of aromatic nitrogens is 2. The first-order valence-corrected chi connectivity index (χ1v) is 8.75. The second-order valence-corrected chi connectivity index (χ2v) is 6.22. The van der Waals surface area contributed by atoms with E-state index in [-0.39, 0.29) is 12.4 Å². The van der Waals surface area contributed by atoms with Gasteiger partial charge in [0.2, 0.25) is 0 Å². The van der Waals surface area contributed by atoms with Crippen molar-refractivity contribution in [3.63, 3.8) is 0 Å². The van der Waals surface area contributed by atoms with Crippen LogP contribution in [0.15, 0.2) is 29.3 Å². The number of hydrogen-bond donors (Lipinski definition) is 2. The Balaban J connectivity index is 1.77. The van der Waals surface area contributed by atoms with Crippen LogP contribution < -0.4 is 10.6 Å². The van der Waals surface area contributed by atoms with Crippen LogP contribution in [-0.2, 0) is 24.4 Å². The molecule has 0 spiro atoms. The topological polar surface area (TPSA) is 63.5 Å². The average molecular weight is 361 g/mol. The van der Waals surface area contributed by atoms with Crippen LogP contribution in [0.3, 0.4) is 0 Å². The fourth-order valence-electron chi connectivity index (χ4n) is 2.75. The summed E-state index contributed by atoms with van der Waals surface area (Å²) >= 11 is 0. The lowest BCUT2D eigenvalue weighted by Crippen LogP contribution is -2.37. The molecule has 0 saturated heterocycles. The van der Waals surface area contributed by atoms with E-state index in [2.05, 4.69) is 33.7 Å². The highest BCUT2D eigenvalue weighted by Crippen LogP contribution is 2.11. The fourth-order valence-corrected chi connectivity index (χ4v) is 2.75. The summed E-state index contributed by atoms with van der Waals surface area (Å²) in [5, 5.41) is 11.0. The number of halogens is 1. The molecule has 142 valence electrons. The summed E-state index contributed by atoms with van der Waals surface area (Å²) in [5.74, 6) is 0.471. The minimum atomic E-state index is -0.248. The van der Waals surface area contributed by atoms with Crippen LogP contribution in [0.25, 0.3) is 0 Å². The van der Waals surface area contributed by atoms with Gasteiger partial charge in [-0.1, -0.05) is 6.07 Å². The predicted molar refractivity (Wildman–Crippen MR) is 102 cm³/mol. The first kappa shape index (κ1) is 19.9. The molecule has 0 fully saturated rings. The summed E-state index contributed by atoms with van der Waals surface area (Å²) in [7, 11) is 3.29. The van der Waals surface area contributed by atoms with Gasteiger partial charge < -0.3 is 15.4 Å². The van der Waals surface area contributed by atoms with Gasteiger partial charge in [-0.3, -0.25) is 9.67 Å². The van der Waals surface area contributed by atoms with E-state index in [1.165, 1.54) is 11.8 Å². The van der Waals surface area contributed by atoms with E-state index in [0.717, 1.165) is 36.7 Å². The molecule has 0 unspecified atom stereocenters. The first-order valence-electron chi connectivity index (χ1n) is 8.75. The van der Waals surface area contributed by atoms with E-state index in [9.17, 15) is 4.39 Å². The molecule has 0 saturated carbocycles. The van der Waals surface area contributed by atoms with E-state index < -0.39 is 0 Å². The summed E-state index contributed by atoms with van der Waals surface area (Å²) in [6, 6.07) is 7.12. The third-order valence-corrected chi connectivity index (χ3v) is 4.04. The van der Waals surface area contributed by atoms with Crippen molar-refractivity contribution < 1.29 is 9.13 Å². The van der Waals surface area contributed by atoms with Gasteiger partial charge >= 0.3 is 0 Å². The first-order chi connectivity index (χ1) is 12.5. The average Bonchev–Trinajstić information content (AvgIpc) is 2.94. The van der Waals surface area contributed by atoms with E-state index >= 15 is 0 Å². The molecule has 0 radical (unpaired) electrons. The van der Waals surface area contributed by atoms with Gasteiger partial charge in [-0.2, -0.15) is 5.10 Å². The zero-order chi connectivity index (χ0) is 18.9. The van der Waals surface area contributed by atoms with E-state index in [1.807, 2.05) is 17.7 Å². The molecule has 6 nitrogen and oxygen atoms in total. The number of methoxy groups -OCH3 is 1. The number of ether oxygens (including phenoxy) is 1. The summed E-state index contributed by atoms with van der Waals surface area (Å²) < 4.78 is 20.7. The third-order valence-electron chi connectivity index (χ3n) is 4.04. The molecular weight excluding hydrogens is 333 g/mol. The van der Waals surface area contributed by atoms with Crippen molar-refractivity contribution in [3.05, 3.63) is 52.6 Å². The number of guanidine groups is 1. The Labute approximate surface area is 154 Å². The lowest BCUT2D eigenvalue weighted by molar-refractivity contribution is 0.181. The third kappa shape index (κ3) is 5.84. The summed E-state index contributed by atoms with van der Waals surface area (Å²) in [6.07, 6.45) is 0.942. The number of aliphatic imine (C=N–C) groups is 1. The van der Waals surface area contributed by atoms with Gasteiger partial charge in [0.05, 0.1) is 12.3 Å². The molecule has 7 heteroatoms. The molecule has 0 atom stereocenters. The lowest BCUT2D eigenvalue weighted by Gasteiger charge is -2.13. The van der Waals surface area contributed by atoms with Crippen LogP contribution in [0.2, 0.25) is 0 Å². The number of nitrogens with one attached hydrogen (secondary N) is 2. The quantitative estimate of drug-likeness (QED) is 0.431. The van der Waals surface area contributed by atoms with Crippen molar-refractivity contribution in [1.29, 1.82) is 0 Å². The number of rotatable bonds is 8. The van der Waals surface area contributed by atoms with Crippen LogP contribution in [0.4, 0.5) is 4.39 Å². The molecule has 0 aliphatic carbocycles. The Bertz CT molecular complexity index is 742. The normalized spacial score (nSPS) is 11.7. The number of benzene rings is 1. The van der Waals surface area contributed by atoms with Gasteiger partial charge in [-0.25, -0.2) is 4.39 Å². The SMILES string of the molecule is CN=C(NCCCn1nc(C)cc1C)NCc1ccc(F)c(COC)c1. The maximum Gasteiger partial charge on any atom is 0.191 e. The Morgan fingerprint density at radius 1 is 1.27 bits per heavy atom. The number of hydrogen-bond acceptors (Lipinski definition) is 3. The van der Waals surface area contributed by atoms with Crippen LogP contribution in [0.5, 0.6) is 0 Å². The number of aryl methyl sites for hydroxylation is 3. The largest absolute Gasteiger partial charge is 0.380 e. The van der Waals surface area contributed by atoms with Crippen molar-refractivity contribution >= 4 is 5.96 Å². The Kier molecular flexibility index (Phi) is 7.59. The van der Waals surface area contributed by atoms with Crippen molar-refractivity contribution in [2.45, 2.75) is 40.0 Å². The second kappa shape index (κ2) is 9.91. The van der Waals surface area contributed by atoms with Crippen molar-refractivity contribution in [3.8, 4) is 0 Å². The molecule has 2 aromatic rings. The Morgan fingerprint density at radius 3 is 2.73 bits per heavy atom. The van der Waals surface area contributed by atoms with Gasteiger partial charge in [0, 0.05) is 45.0 Å². The molecule has 2 N–H and O–H groups in total. The Hall–Kier alpha value is -2.41. The highest BCUT2D eigenvalue weighted by atomic mass is 19.1. The van der Waals surface area contributed by atoms with Crippen molar-refractivity contribution in [1.82, 2.24) is 20.4 Å². The van der Waals surface area contributed by atoms with Gasteiger partial charge in [-0.15, -0.1) is 0 Å². The molecule has 0 bridgehead atoms. The summed E-state index contributed by atoms with van der Waals surface area (Å²) in [4.78, 5) is 4.22.